The number of hydrogen-bond donors (Lipinski definition) is 1. The van der Waals surface area contributed by atoms with Crippen molar-refractivity contribution in [3.63, 3.8) is 0 Å². The van der Waals surface area contributed by atoms with Crippen molar-refractivity contribution in [1.82, 2.24) is 5.32 Å². The van der Waals surface area contributed by atoms with Gasteiger partial charge in [0, 0.05) is 30.9 Å². The van der Waals surface area contributed by atoms with E-state index in [-0.39, 0.29) is 24.5 Å². The Morgan fingerprint density at radius 1 is 1.21 bits per heavy atom. The average molecular weight is 403 g/mol. The second kappa shape index (κ2) is 9.57. The zero-order chi connectivity index (χ0) is 19.9. The number of anilines is 1. The van der Waals surface area contributed by atoms with E-state index in [4.69, 9.17) is 21.1 Å². The van der Waals surface area contributed by atoms with Crippen molar-refractivity contribution >= 4 is 29.1 Å². The molecule has 28 heavy (non-hydrogen) atoms. The van der Waals surface area contributed by atoms with Crippen molar-refractivity contribution in [1.29, 1.82) is 0 Å². The Morgan fingerprint density at radius 3 is 2.68 bits per heavy atom. The number of carbonyl (C=O) groups excluding carboxylic acids is 2. The minimum atomic E-state index is -0.246. The van der Waals surface area contributed by atoms with Gasteiger partial charge in [-0.15, -0.1) is 0 Å². The molecule has 1 atom stereocenters. The quantitative estimate of drug-likeness (QED) is 0.771. The largest absolute Gasteiger partial charge is 0.483 e. The summed E-state index contributed by atoms with van der Waals surface area (Å²) in [6.45, 7) is 1.02. The third-order valence-corrected chi connectivity index (χ3v) is 4.84. The number of carbonyl (C=O) groups is 2. The summed E-state index contributed by atoms with van der Waals surface area (Å²) in [5, 5.41) is 3.47. The van der Waals surface area contributed by atoms with Crippen LogP contribution >= 0.6 is 11.6 Å². The van der Waals surface area contributed by atoms with Crippen LogP contribution in [0, 0.1) is 0 Å². The molecule has 0 bridgehead atoms. The van der Waals surface area contributed by atoms with Crippen LogP contribution in [0.15, 0.2) is 48.5 Å². The van der Waals surface area contributed by atoms with Crippen molar-refractivity contribution in [2.45, 2.75) is 18.9 Å². The first-order valence-corrected chi connectivity index (χ1v) is 9.56. The summed E-state index contributed by atoms with van der Waals surface area (Å²) in [5.74, 6) is -0.119. The van der Waals surface area contributed by atoms with Crippen LogP contribution in [0.25, 0.3) is 0 Å². The Morgan fingerprint density at radius 2 is 1.96 bits per heavy atom. The van der Waals surface area contributed by atoms with Crippen LogP contribution in [0.3, 0.4) is 0 Å². The van der Waals surface area contributed by atoms with Gasteiger partial charge in [0.05, 0.1) is 11.7 Å². The summed E-state index contributed by atoms with van der Waals surface area (Å²) in [5.41, 5.74) is 1.10. The number of nitrogens with zero attached hydrogens (tertiary/aromatic N) is 1. The van der Waals surface area contributed by atoms with Gasteiger partial charge in [-0.25, -0.2) is 0 Å². The zero-order valence-electron chi connectivity index (χ0n) is 15.7. The van der Waals surface area contributed by atoms with E-state index in [0.717, 1.165) is 19.4 Å². The van der Waals surface area contributed by atoms with Crippen molar-refractivity contribution in [3.8, 4) is 5.75 Å². The molecule has 0 aliphatic carbocycles. The molecule has 6 nitrogen and oxygen atoms in total. The number of likely N-dealkylation sites (N-methyl/N-ethyl adjacent to an activating group) is 1. The van der Waals surface area contributed by atoms with E-state index in [9.17, 15) is 9.59 Å². The Balaban J connectivity index is 1.58. The molecule has 0 saturated carbocycles. The maximum Gasteiger partial charge on any atom is 0.264 e. The number of benzene rings is 2. The highest BCUT2D eigenvalue weighted by Gasteiger charge is 2.19. The Bertz CT molecular complexity index is 819. The molecule has 2 amide bonds. The van der Waals surface area contributed by atoms with Gasteiger partial charge in [-0.3, -0.25) is 9.59 Å². The highest BCUT2D eigenvalue weighted by molar-refractivity contribution is 6.30. The molecule has 3 rings (SSSR count). The lowest BCUT2D eigenvalue weighted by Crippen LogP contribution is -2.33. The summed E-state index contributed by atoms with van der Waals surface area (Å²) in [7, 11) is 1.66. The number of rotatable bonds is 7. The molecule has 1 heterocycles. The first-order chi connectivity index (χ1) is 13.5. The van der Waals surface area contributed by atoms with E-state index in [1.807, 2.05) is 0 Å². The van der Waals surface area contributed by atoms with Crippen LogP contribution in [0.4, 0.5) is 5.69 Å². The number of amides is 2. The van der Waals surface area contributed by atoms with Gasteiger partial charge in [-0.2, -0.15) is 0 Å². The summed E-state index contributed by atoms with van der Waals surface area (Å²) in [6, 6.07) is 13.8. The molecular formula is C21H23ClN2O4. The van der Waals surface area contributed by atoms with Crippen LogP contribution in [0.1, 0.15) is 23.2 Å². The molecule has 0 unspecified atom stereocenters. The lowest BCUT2D eigenvalue weighted by molar-refractivity contribution is -0.120. The fourth-order valence-electron chi connectivity index (χ4n) is 2.93. The normalized spacial score (nSPS) is 15.9. The van der Waals surface area contributed by atoms with E-state index >= 15 is 0 Å². The first-order valence-electron chi connectivity index (χ1n) is 9.18. The minimum Gasteiger partial charge on any atom is -0.483 e. The summed E-state index contributed by atoms with van der Waals surface area (Å²) >= 11 is 5.88. The number of para-hydroxylation sites is 1. The second-order valence-electron chi connectivity index (χ2n) is 6.56. The fraction of sp³-hybridized carbons (Fsp3) is 0.333. The van der Waals surface area contributed by atoms with Gasteiger partial charge in [0.1, 0.15) is 5.75 Å². The van der Waals surface area contributed by atoms with Gasteiger partial charge in [-0.05, 0) is 49.2 Å². The molecule has 7 heteroatoms. The molecule has 0 spiro atoms. The van der Waals surface area contributed by atoms with Crippen LogP contribution in [0.2, 0.25) is 5.02 Å². The maximum atomic E-state index is 12.5. The predicted octanol–water partition coefficient (Wildman–Crippen LogP) is 3.29. The van der Waals surface area contributed by atoms with E-state index in [1.165, 1.54) is 4.90 Å². The molecule has 1 fully saturated rings. The molecule has 1 aliphatic heterocycles. The molecule has 1 saturated heterocycles. The minimum absolute atomic E-state index is 0.0617. The average Bonchev–Trinajstić information content (AvgIpc) is 3.24. The maximum absolute atomic E-state index is 12.5. The third kappa shape index (κ3) is 5.24. The summed E-state index contributed by atoms with van der Waals surface area (Å²) < 4.78 is 11.2. The van der Waals surface area contributed by atoms with Gasteiger partial charge in [0.15, 0.2) is 6.61 Å². The number of halogens is 1. The van der Waals surface area contributed by atoms with Crippen molar-refractivity contribution < 1.29 is 19.1 Å². The molecular weight excluding hydrogens is 380 g/mol. The Labute approximate surface area is 169 Å². The van der Waals surface area contributed by atoms with E-state index in [2.05, 4.69) is 5.32 Å². The summed E-state index contributed by atoms with van der Waals surface area (Å²) in [6.07, 6.45) is 2.03. The summed E-state index contributed by atoms with van der Waals surface area (Å²) in [4.78, 5) is 26.4. The van der Waals surface area contributed by atoms with E-state index in [0.29, 0.717) is 28.6 Å². The SMILES string of the molecule is CN(C(=O)COc1ccccc1C(=O)NC[C@@H]1CCCO1)c1ccc(Cl)cc1. The van der Waals surface area contributed by atoms with Gasteiger partial charge in [0.25, 0.3) is 11.8 Å². The highest BCUT2D eigenvalue weighted by Crippen LogP contribution is 2.20. The smallest absolute Gasteiger partial charge is 0.264 e. The van der Waals surface area contributed by atoms with Crippen molar-refractivity contribution in [2.24, 2.45) is 0 Å². The van der Waals surface area contributed by atoms with Crippen molar-refractivity contribution in [3.05, 3.63) is 59.1 Å². The van der Waals surface area contributed by atoms with Crippen molar-refractivity contribution in [2.75, 3.05) is 31.7 Å². The highest BCUT2D eigenvalue weighted by atomic mass is 35.5. The fourth-order valence-corrected chi connectivity index (χ4v) is 3.06. The third-order valence-electron chi connectivity index (χ3n) is 4.59. The monoisotopic (exact) mass is 402 g/mol. The van der Waals surface area contributed by atoms with Crippen LogP contribution in [0.5, 0.6) is 5.75 Å². The van der Waals surface area contributed by atoms with Gasteiger partial charge in [-0.1, -0.05) is 23.7 Å². The zero-order valence-corrected chi connectivity index (χ0v) is 16.4. The standard InChI is InChI=1S/C21H23ClN2O4/c1-24(16-10-8-15(22)9-11-16)20(25)14-28-19-7-3-2-6-18(19)21(26)23-13-17-5-4-12-27-17/h2-3,6-11,17H,4-5,12-14H2,1H3,(H,23,26)/t17-/m0/s1. The molecule has 0 radical (unpaired) electrons. The molecule has 1 aliphatic rings. The Hall–Kier alpha value is -2.57. The molecule has 2 aromatic rings. The molecule has 2 aromatic carbocycles. The van der Waals surface area contributed by atoms with Crippen LogP contribution < -0.4 is 15.0 Å². The Kier molecular flexibility index (Phi) is 6.90. The second-order valence-corrected chi connectivity index (χ2v) is 7.00. The number of ether oxygens (including phenoxy) is 2. The molecule has 0 aromatic heterocycles. The molecule has 1 N–H and O–H groups in total. The van der Waals surface area contributed by atoms with E-state index < -0.39 is 0 Å². The first kappa shape index (κ1) is 20.2. The number of nitrogens with one attached hydrogen (secondary N) is 1. The lowest BCUT2D eigenvalue weighted by Gasteiger charge is -2.18. The van der Waals surface area contributed by atoms with Crippen LogP contribution in [-0.2, 0) is 9.53 Å². The predicted molar refractivity (Wildman–Crippen MR) is 108 cm³/mol. The van der Waals surface area contributed by atoms with Gasteiger partial charge >= 0.3 is 0 Å². The molecule has 148 valence electrons. The van der Waals surface area contributed by atoms with Gasteiger partial charge in [0.2, 0.25) is 0 Å². The van der Waals surface area contributed by atoms with Crippen LogP contribution in [-0.4, -0.2) is 44.7 Å². The van der Waals surface area contributed by atoms with Gasteiger partial charge < -0.3 is 19.7 Å². The lowest BCUT2D eigenvalue weighted by atomic mass is 10.1. The van der Waals surface area contributed by atoms with E-state index in [1.54, 1.807) is 55.6 Å². The topological polar surface area (TPSA) is 67.9 Å². The number of hydrogen-bond acceptors (Lipinski definition) is 4.